The van der Waals surface area contributed by atoms with Crippen LogP contribution in [-0.4, -0.2) is 37.9 Å². The van der Waals surface area contributed by atoms with Gasteiger partial charge in [-0.15, -0.1) is 0 Å². The van der Waals surface area contributed by atoms with Gasteiger partial charge in [-0.3, -0.25) is 4.79 Å². The van der Waals surface area contributed by atoms with E-state index in [-0.39, 0.29) is 23.7 Å². The number of Topliss-reactive ketones (excluding diaryl/α,β-unsaturated/α-hetero) is 1. The topological polar surface area (TPSA) is 54.5 Å². The van der Waals surface area contributed by atoms with Crippen molar-refractivity contribution in [1.29, 1.82) is 0 Å². The molecule has 1 saturated heterocycles. The molecule has 0 spiro atoms. The second-order valence-corrected chi connectivity index (χ2v) is 7.72. The summed E-state index contributed by atoms with van der Waals surface area (Å²) in [5.74, 6) is -0.807. The second-order valence-electron chi connectivity index (χ2n) is 5.74. The van der Waals surface area contributed by atoms with Crippen LogP contribution in [0.2, 0.25) is 0 Å². The van der Waals surface area contributed by atoms with Crippen molar-refractivity contribution in [3.8, 4) is 0 Å². The number of sulfonamides is 1. The molecule has 6 heteroatoms. The summed E-state index contributed by atoms with van der Waals surface area (Å²) < 4.78 is 38.3. The van der Waals surface area contributed by atoms with E-state index < -0.39 is 15.8 Å². The molecule has 1 aromatic carbocycles. The number of piperidine rings is 1. The van der Waals surface area contributed by atoms with Crippen LogP contribution in [0.25, 0.3) is 0 Å². The lowest BCUT2D eigenvalue weighted by molar-refractivity contribution is 0.0938. The average Bonchev–Trinajstić information content (AvgIpc) is 2.41. The van der Waals surface area contributed by atoms with Crippen LogP contribution < -0.4 is 0 Å². The summed E-state index contributed by atoms with van der Waals surface area (Å²) in [6, 6.07) is 4.47. The number of benzene rings is 1. The van der Waals surface area contributed by atoms with E-state index in [0.29, 0.717) is 13.1 Å². The van der Waals surface area contributed by atoms with Crippen molar-refractivity contribution in [2.75, 3.05) is 19.3 Å². The summed E-state index contributed by atoms with van der Waals surface area (Å²) in [5, 5.41) is 0. The van der Waals surface area contributed by atoms with Crippen molar-refractivity contribution < 1.29 is 17.6 Å². The van der Waals surface area contributed by atoms with Gasteiger partial charge in [0, 0.05) is 19.5 Å². The van der Waals surface area contributed by atoms with Crippen LogP contribution in [0.3, 0.4) is 0 Å². The molecular formula is C15H20FNO3S. The van der Waals surface area contributed by atoms with Crippen molar-refractivity contribution in [2.24, 2.45) is 5.92 Å². The minimum Gasteiger partial charge on any atom is -0.294 e. The van der Waals surface area contributed by atoms with Crippen LogP contribution in [0.1, 0.15) is 35.2 Å². The highest BCUT2D eigenvalue weighted by Gasteiger charge is 2.28. The molecule has 1 fully saturated rings. The van der Waals surface area contributed by atoms with Gasteiger partial charge < -0.3 is 0 Å². The molecule has 0 N–H and O–H groups in total. The highest BCUT2D eigenvalue weighted by Crippen LogP contribution is 2.24. The van der Waals surface area contributed by atoms with Crippen molar-refractivity contribution >= 4 is 15.8 Å². The Bertz CT molecular complexity index is 642. The molecule has 0 amide bonds. The van der Waals surface area contributed by atoms with Crippen molar-refractivity contribution in [3.63, 3.8) is 0 Å². The van der Waals surface area contributed by atoms with E-state index in [2.05, 4.69) is 0 Å². The first-order valence-corrected chi connectivity index (χ1v) is 8.86. The van der Waals surface area contributed by atoms with Gasteiger partial charge in [0.15, 0.2) is 5.78 Å². The summed E-state index contributed by atoms with van der Waals surface area (Å²) in [6.07, 6.45) is 2.90. The molecule has 1 aromatic rings. The number of carbonyl (C=O) groups excluding carboxylic acids is 1. The Kier molecular flexibility index (Phi) is 4.78. The van der Waals surface area contributed by atoms with E-state index in [1.807, 2.05) is 6.92 Å². The Morgan fingerprint density at radius 2 is 2.14 bits per heavy atom. The molecule has 0 bridgehead atoms. The van der Waals surface area contributed by atoms with E-state index >= 15 is 0 Å². The van der Waals surface area contributed by atoms with Gasteiger partial charge in [-0.2, -0.15) is 0 Å². The molecule has 1 heterocycles. The van der Waals surface area contributed by atoms with Crippen molar-refractivity contribution in [3.05, 3.63) is 35.1 Å². The van der Waals surface area contributed by atoms with Gasteiger partial charge in [0.2, 0.25) is 10.0 Å². The van der Waals surface area contributed by atoms with Gasteiger partial charge in [0.05, 0.1) is 11.8 Å². The summed E-state index contributed by atoms with van der Waals surface area (Å²) in [4.78, 5) is 12.2. The maximum Gasteiger partial charge on any atom is 0.211 e. The van der Waals surface area contributed by atoms with Crippen molar-refractivity contribution in [2.45, 2.75) is 26.2 Å². The molecule has 21 heavy (non-hydrogen) atoms. The molecule has 116 valence electrons. The predicted octanol–water partition coefficient (Wildman–Crippen LogP) is 2.38. The fraction of sp³-hybridized carbons (Fsp3) is 0.533. The number of aryl methyl sites for hydroxylation is 1. The number of rotatable bonds is 4. The van der Waals surface area contributed by atoms with Crippen molar-refractivity contribution in [1.82, 2.24) is 4.31 Å². The van der Waals surface area contributed by atoms with Gasteiger partial charge in [-0.1, -0.05) is 11.6 Å². The zero-order valence-corrected chi connectivity index (χ0v) is 13.1. The normalized spacial score (nSPS) is 20.4. The molecule has 0 aliphatic carbocycles. The highest BCUT2D eigenvalue weighted by molar-refractivity contribution is 7.88. The van der Waals surface area contributed by atoms with Crippen LogP contribution in [0.15, 0.2) is 18.2 Å². The number of hydrogen-bond acceptors (Lipinski definition) is 3. The van der Waals surface area contributed by atoms with Crippen LogP contribution in [-0.2, 0) is 10.0 Å². The molecule has 1 aliphatic rings. The molecule has 1 aliphatic heterocycles. The standard InChI is InChI=1S/C15H20FNO3S/c1-11-5-6-14(16)13(8-11)15(18)9-12-4-3-7-17(10-12)21(2,19)20/h5-6,8,12H,3-4,7,9-10H2,1-2H3. The zero-order chi connectivity index (χ0) is 15.6. The lowest BCUT2D eigenvalue weighted by Gasteiger charge is -2.30. The lowest BCUT2D eigenvalue weighted by atomic mass is 9.91. The Hall–Kier alpha value is -1.27. The zero-order valence-electron chi connectivity index (χ0n) is 12.3. The first-order chi connectivity index (χ1) is 9.77. The Morgan fingerprint density at radius 3 is 2.81 bits per heavy atom. The summed E-state index contributed by atoms with van der Waals surface area (Å²) >= 11 is 0. The molecule has 4 nitrogen and oxygen atoms in total. The van der Waals surface area contributed by atoms with Crippen LogP contribution >= 0.6 is 0 Å². The molecule has 1 atom stereocenters. The number of hydrogen-bond donors (Lipinski definition) is 0. The van der Waals surface area contributed by atoms with E-state index in [4.69, 9.17) is 0 Å². The Balaban J connectivity index is 2.07. The fourth-order valence-electron chi connectivity index (χ4n) is 2.72. The summed E-state index contributed by atoms with van der Waals surface area (Å²) in [5.41, 5.74) is 0.938. The highest BCUT2D eigenvalue weighted by atomic mass is 32.2. The minimum atomic E-state index is -3.23. The predicted molar refractivity (Wildman–Crippen MR) is 79.2 cm³/mol. The third kappa shape index (κ3) is 4.11. The van der Waals surface area contributed by atoms with Crippen LogP contribution in [0.5, 0.6) is 0 Å². The lowest BCUT2D eigenvalue weighted by Crippen LogP contribution is -2.39. The van der Waals surface area contributed by atoms with Gasteiger partial charge in [-0.25, -0.2) is 17.1 Å². The average molecular weight is 313 g/mol. The quantitative estimate of drug-likeness (QED) is 0.802. The largest absolute Gasteiger partial charge is 0.294 e. The summed E-state index contributed by atoms with van der Waals surface area (Å²) in [6.45, 7) is 2.66. The van der Waals surface area contributed by atoms with E-state index in [1.165, 1.54) is 16.6 Å². The van der Waals surface area contributed by atoms with Gasteiger partial charge in [0.1, 0.15) is 5.82 Å². The number of nitrogens with zero attached hydrogens (tertiary/aromatic N) is 1. The first-order valence-electron chi connectivity index (χ1n) is 7.02. The number of ketones is 1. The third-order valence-corrected chi connectivity index (χ3v) is 5.12. The van der Waals surface area contributed by atoms with Gasteiger partial charge in [-0.05, 0) is 37.8 Å². The number of carbonyl (C=O) groups is 1. The number of halogens is 1. The molecule has 0 saturated carbocycles. The Labute approximate surface area is 125 Å². The summed E-state index contributed by atoms with van der Waals surface area (Å²) in [7, 11) is -3.23. The first kappa shape index (κ1) is 16.1. The second kappa shape index (κ2) is 6.23. The smallest absolute Gasteiger partial charge is 0.211 e. The SMILES string of the molecule is Cc1ccc(F)c(C(=O)CC2CCCN(S(C)(=O)=O)C2)c1. The van der Waals surface area contributed by atoms with E-state index in [9.17, 15) is 17.6 Å². The van der Waals surface area contributed by atoms with Gasteiger partial charge >= 0.3 is 0 Å². The monoisotopic (exact) mass is 313 g/mol. The molecule has 2 rings (SSSR count). The molecule has 1 unspecified atom stereocenters. The molecule has 0 radical (unpaired) electrons. The fourth-order valence-corrected chi connectivity index (χ4v) is 3.66. The van der Waals surface area contributed by atoms with Crippen LogP contribution in [0, 0.1) is 18.7 Å². The van der Waals surface area contributed by atoms with E-state index in [1.54, 1.807) is 12.1 Å². The Morgan fingerprint density at radius 1 is 1.43 bits per heavy atom. The third-order valence-electron chi connectivity index (χ3n) is 3.85. The van der Waals surface area contributed by atoms with Crippen LogP contribution in [0.4, 0.5) is 4.39 Å². The molecular weight excluding hydrogens is 293 g/mol. The maximum atomic E-state index is 13.7. The molecule has 0 aromatic heterocycles. The minimum absolute atomic E-state index is 0.0408. The van der Waals surface area contributed by atoms with E-state index in [0.717, 1.165) is 18.4 Å². The maximum absolute atomic E-state index is 13.7. The van der Waals surface area contributed by atoms with Gasteiger partial charge in [0.25, 0.3) is 0 Å².